The van der Waals surface area contributed by atoms with Crippen LogP contribution in [0.15, 0.2) is 29.2 Å². The molecule has 1 saturated heterocycles. The van der Waals surface area contributed by atoms with Gasteiger partial charge in [0.05, 0.1) is 12.0 Å². The summed E-state index contributed by atoms with van der Waals surface area (Å²) < 4.78 is 26.6. The van der Waals surface area contributed by atoms with E-state index in [4.69, 9.17) is 0 Å². The molecule has 0 unspecified atom stereocenters. The molecule has 1 aromatic carbocycles. The third-order valence-corrected chi connectivity index (χ3v) is 5.43. The first kappa shape index (κ1) is 15.9. The van der Waals surface area contributed by atoms with Crippen LogP contribution in [0, 0.1) is 0 Å². The molecular formula is C14H20N2O4S. The van der Waals surface area contributed by atoms with Crippen molar-refractivity contribution in [2.75, 3.05) is 20.2 Å². The second-order valence-corrected chi connectivity index (χ2v) is 6.92. The molecule has 1 heterocycles. The Morgan fingerprint density at radius 1 is 1.10 bits per heavy atom. The minimum absolute atomic E-state index is 0.221. The number of hydrogen-bond acceptors (Lipinski definition) is 4. The minimum Gasteiger partial charge on any atom is -0.277 e. The third kappa shape index (κ3) is 3.81. The number of carbonyl (C=O) groups excluding carboxylic acids is 1. The van der Waals surface area contributed by atoms with Crippen LogP contribution in [0.4, 0.5) is 0 Å². The molecule has 6 nitrogen and oxygen atoms in total. The Morgan fingerprint density at radius 3 is 2.19 bits per heavy atom. The van der Waals surface area contributed by atoms with E-state index in [0.717, 1.165) is 25.7 Å². The van der Waals surface area contributed by atoms with E-state index in [1.165, 1.54) is 35.7 Å². The molecule has 1 aliphatic heterocycles. The fraction of sp³-hybridized carbons (Fsp3) is 0.500. The highest BCUT2D eigenvalue weighted by atomic mass is 32.2. The van der Waals surface area contributed by atoms with E-state index < -0.39 is 15.9 Å². The molecule has 116 valence electrons. The van der Waals surface area contributed by atoms with Crippen LogP contribution < -0.4 is 5.48 Å². The summed E-state index contributed by atoms with van der Waals surface area (Å²) in [5.41, 5.74) is 2.55. The fourth-order valence-corrected chi connectivity index (χ4v) is 3.88. The lowest BCUT2D eigenvalue weighted by Crippen LogP contribution is -2.32. The normalized spacial score (nSPS) is 17.2. The molecular weight excluding hydrogens is 292 g/mol. The molecule has 1 aliphatic rings. The van der Waals surface area contributed by atoms with Crippen LogP contribution in [0.2, 0.25) is 0 Å². The molecule has 0 spiro atoms. The average molecular weight is 312 g/mol. The summed E-state index contributed by atoms with van der Waals surface area (Å²) in [6.07, 6.45) is 3.94. The van der Waals surface area contributed by atoms with Gasteiger partial charge in [0.25, 0.3) is 5.91 Å². The van der Waals surface area contributed by atoms with Crippen LogP contribution in [0.1, 0.15) is 36.0 Å². The second kappa shape index (κ2) is 7.02. The molecule has 0 radical (unpaired) electrons. The summed E-state index contributed by atoms with van der Waals surface area (Å²) in [7, 11) is -2.13. The maximum Gasteiger partial charge on any atom is 0.274 e. The van der Waals surface area contributed by atoms with Crippen molar-refractivity contribution < 1.29 is 18.0 Å². The summed E-state index contributed by atoms with van der Waals surface area (Å²) in [5, 5.41) is 0. The third-order valence-electron chi connectivity index (χ3n) is 3.51. The quantitative estimate of drug-likeness (QED) is 0.856. The van der Waals surface area contributed by atoms with Gasteiger partial charge in [-0.15, -0.1) is 0 Å². The summed E-state index contributed by atoms with van der Waals surface area (Å²) >= 11 is 0. The smallest absolute Gasteiger partial charge is 0.274 e. The van der Waals surface area contributed by atoms with Gasteiger partial charge in [0.15, 0.2) is 0 Å². The Morgan fingerprint density at radius 2 is 1.67 bits per heavy atom. The van der Waals surface area contributed by atoms with Gasteiger partial charge in [-0.1, -0.05) is 12.8 Å². The van der Waals surface area contributed by atoms with Gasteiger partial charge in [0.1, 0.15) is 0 Å². The van der Waals surface area contributed by atoms with Crippen LogP contribution in [0.3, 0.4) is 0 Å². The first-order valence-corrected chi connectivity index (χ1v) is 8.43. The van der Waals surface area contributed by atoms with Gasteiger partial charge < -0.3 is 0 Å². The van der Waals surface area contributed by atoms with Crippen molar-refractivity contribution in [3.63, 3.8) is 0 Å². The Kier molecular flexibility index (Phi) is 5.33. The van der Waals surface area contributed by atoms with Gasteiger partial charge in [0, 0.05) is 18.7 Å². The molecule has 0 atom stereocenters. The van der Waals surface area contributed by atoms with E-state index in [9.17, 15) is 13.2 Å². The molecule has 21 heavy (non-hydrogen) atoms. The maximum absolute atomic E-state index is 12.5. The van der Waals surface area contributed by atoms with Crippen molar-refractivity contribution in [3.8, 4) is 0 Å². The first-order chi connectivity index (χ1) is 10.1. The number of amides is 1. The monoisotopic (exact) mass is 312 g/mol. The van der Waals surface area contributed by atoms with Gasteiger partial charge in [-0.3, -0.25) is 9.63 Å². The zero-order valence-corrected chi connectivity index (χ0v) is 12.9. The lowest BCUT2D eigenvalue weighted by molar-refractivity contribution is 0.0537. The average Bonchev–Trinajstić information content (AvgIpc) is 2.77. The Labute approximate surface area is 125 Å². The number of nitrogens with zero attached hydrogens (tertiary/aromatic N) is 1. The van der Waals surface area contributed by atoms with E-state index in [0.29, 0.717) is 18.7 Å². The summed E-state index contributed by atoms with van der Waals surface area (Å²) in [6.45, 7) is 1.13. The zero-order valence-electron chi connectivity index (χ0n) is 12.0. The molecule has 0 aliphatic carbocycles. The van der Waals surface area contributed by atoms with E-state index >= 15 is 0 Å². The van der Waals surface area contributed by atoms with E-state index in [1.54, 1.807) is 0 Å². The molecule has 2 rings (SSSR count). The molecule has 1 N–H and O–H groups in total. The number of hydrogen-bond donors (Lipinski definition) is 1. The van der Waals surface area contributed by atoms with E-state index in [1.807, 2.05) is 0 Å². The molecule has 1 amide bonds. The number of rotatable bonds is 4. The predicted octanol–water partition coefficient (Wildman–Crippen LogP) is 1.54. The fourth-order valence-electron chi connectivity index (χ4n) is 2.36. The Balaban J connectivity index is 2.18. The van der Waals surface area contributed by atoms with Crippen molar-refractivity contribution in [1.29, 1.82) is 0 Å². The van der Waals surface area contributed by atoms with E-state index in [2.05, 4.69) is 10.3 Å². The van der Waals surface area contributed by atoms with Gasteiger partial charge in [-0.25, -0.2) is 13.9 Å². The molecule has 1 aromatic rings. The summed E-state index contributed by atoms with van der Waals surface area (Å²) in [4.78, 5) is 16.3. The number of hydroxylamine groups is 1. The standard InChI is InChI=1S/C14H20N2O4S/c1-20-15-14(17)12-6-8-13(9-7-12)21(18,19)16-10-4-2-3-5-11-16/h6-9H,2-5,10-11H2,1H3,(H,15,17). The Bertz CT molecular complexity index is 575. The molecule has 0 bridgehead atoms. The topological polar surface area (TPSA) is 75.7 Å². The summed E-state index contributed by atoms with van der Waals surface area (Å²) in [6, 6.07) is 5.90. The van der Waals surface area contributed by atoms with Crippen molar-refractivity contribution >= 4 is 15.9 Å². The first-order valence-electron chi connectivity index (χ1n) is 6.99. The van der Waals surface area contributed by atoms with Crippen LogP contribution in [-0.2, 0) is 14.9 Å². The lowest BCUT2D eigenvalue weighted by Gasteiger charge is -2.19. The van der Waals surface area contributed by atoms with E-state index in [-0.39, 0.29) is 4.90 Å². The van der Waals surface area contributed by atoms with Crippen molar-refractivity contribution in [2.24, 2.45) is 0 Å². The minimum atomic E-state index is -3.47. The molecule has 0 saturated carbocycles. The molecule has 7 heteroatoms. The van der Waals surface area contributed by atoms with Crippen molar-refractivity contribution in [3.05, 3.63) is 29.8 Å². The van der Waals surface area contributed by atoms with Crippen molar-refractivity contribution in [2.45, 2.75) is 30.6 Å². The highest BCUT2D eigenvalue weighted by Crippen LogP contribution is 2.20. The van der Waals surface area contributed by atoms with Gasteiger partial charge >= 0.3 is 0 Å². The van der Waals surface area contributed by atoms with Crippen LogP contribution >= 0.6 is 0 Å². The number of nitrogens with one attached hydrogen (secondary N) is 1. The SMILES string of the molecule is CONC(=O)c1ccc(S(=O)(=O)N2CCCCCC2)cc1. The molecule has 1 fully saturated rings. The van der Waals surface area contributed by atoms with Crippen LogP contribution in [0.5, 0.6) is 0 Å². The number of carbonyl (C=O) groups is 1. The van der Waals surface area contributed by atoms with Gasteiger partial charge in [-0.05, 0) is 37.1 Å². The maximum atomic E-state index is 12.5. The van der Waals surface area contributed by atoms with Gasteiger partial charge in [0.2, 0.25) is 10.0 Å². The highest BCUT2D eigenvalue weighted by Gasteiger charge is 2.25. The predicted molar refractivity (Wildman–Crippen MR) is 78.1 cm³/mol. The molecule has 0 aromatic heterocycles. The van der Waals surface area contributed by atoms with Crippen LogP contribution in [-0.4, -0.2) is 38.8 Å². The Hall–Kier alpha value is -1.44. The highest BCUT2D eigenvalue weighted by molar-refractivity contribution is 7.89. The second-order valence-electron chi connectivity index (χ2n) is 4.98. The van der Waals surface area contributed by atoms with Crippen molar-refractivity contribution in [1.82, 2.24) is 9.79 Å². The number of sulfonamides is 1. The summed E-state index contributed by atoms with van der Waals surface area (Å²) in [5.74, 6) is -0.406. The largest absolute Gasteiger partial charge is 0.277 e. The lowest BCUT2D eigenvalue weighted by atomic mass is 10.2. The van der Waals surface area contributed by atoms with Gasteiger partial charge in [-0.2, -0.15) is 4.31 Å². The van der Waals surface area contributed by atoms with Crippen LogP contribution in [0.25, 0.3) is 0 Å². The zero-order chi connectivity index (χ0) is 15.3. The number of benzene rings is 1.